The summed E-state index contributed by atoms with van der Waals surface area (Å²) < 4.78 is 0. The standard InChI is InChI=1S/C10H21N/c1-7(2)5-9(11)8-6-10(8,3)4/h7-9H,5-6,11H2,1-4H3. The maximum atomic E-state index is 6.06. The molecule has 0 radical (unpaired) electrons. The lowest BCUT2D eigenvalue weighted by Crippen LogP contribution is -2.26. The summed E-state index contributed by atoms with van der Waals surface area (Å²) >= 11 is 0. The Bertz CT molecular complexity index is 138. The highest BCUT2D eigenvalue weighted by molar-refractivity contribution is 5.00. The molecule has 0 aromatic heterocycles. The van der Waals surface area contributed by atoms with Crippen LogP contribution in [0.3, 0.4) is 0 Å². The minimum absolute atomic E-state index is 0.449. The van der Waals surface area contributed by atoms with E-state index in [2.05, 4.69) is 27.7 Å². The summed E-state index contributed by atoms with van der Waals surface area (Å²) in [5.41, 5.74) is 6.61. The van der Waals surface area contributed by atoms with E-state index in [-0.39, 0.29) is 0 Å². The number of hydrogen-bond acceptors (Lipinski definition) is 1. The number of hydrogen-bond donors (Lipinski definition) is 1. The molecular formula is C10H21N. The first kappa shape index (κ1) is 9.05. The third kappa shape index (κ3) is 2.19. The average molecular weight is 155 g/mol. The molecule has 1 rings (SSSR count). The van der Waals surface area contributed by atoms with E-state index in [1.165, 1.54) is 12.8 Å². The van der Waals surface area contributed by atoms with Crippen LogP contribution in [0.4, 0.5) is 0 Å². The highest BCUT2D eigenvalue weighted by Gasteiger charge is 2.48. The van der Waals surface area contributed by atoms with E-state index in [1.807, 2.05) is 0 Å². The molecule has 0 amide bonds. The second kappa shape index (κ2) is 2.78. The molecule has 2 atom stereocenters. The van der Waals surface area contributed by atoms with Crippen molar-refractivity contribution in [3.05, 3.63) is 0 Å². The van der Waals surface area contributed by atoms with Crippen LogP contribution in [0.15, 0.2) is 0 Å². The van der Waals surface area contributed by atoms with Crippen LogP contribution in [-0.2, 0) is 0 Å². The van der Waals surface area contributed by atoms with Crippen LogP contribution in [0.25, 0.3) is 0 Å². The molecule has 1 aliphatic rings. The molecule has 1 nitrogen and oxygen atoms in total. The number of rotatable bonds is 3. The van der Waals surface area contributed by atoms with Gasteiger partial charge in [0, 0.05) is 6.04 Å². The molecule has 2 N–H and O–H groups in total. The van der Waals surface area contributed by atoms with Gasteiger partial charge in [-0.1, -0.05) is 27.7 Å². The molecule has 1 fully saturated rings. The fourth-order valence-electron chi connectivity index (χ4n) is 1.95. The summed E-state index contributed by atoms with van der Waals surface area (Å²) in [6, 6.07) is 0.449. The van der Waals surface area contributed by atoms with E-state index in [9.17, 15) is 0 Å². The van der Waals surface area contributed by atoms with Gasteiger partial charge < -0.3 is 5.73 Å². The van der Waals surface area contributed by atoms with Crippen molar-refractivity contribution in [1.82, 2.24) is 0 Å². The maximum Gasteiger partial charge on any atom is 0.00748 e. The molecule has 66 valence electrons. The molecule has 0 bridgehead atoms. The second-order valence-corrected chi connectivity index (χ2v) is 5.09. The number of nitrogens with two attached hydrogens (primary N) is 1. The Morgan fingerprint density at radius 2 is 1.91 bits per heavy atom. The van der Waals surface area contributed by atoms with Crippen molar-refractivity contribution in [2.24, 2.45) is 23.0 Å². The van der Waals surface area contributed by atoms with Gasteiger partial charge >= 0.3 is 0 Å². The monoisotopic (exact) mass is 155 g/mol. The van der Waals surface area contributed by atoms with E-state index in [4.69, 9.17) is 5.73 Å². The van der Waals surface area contributed by atoms with E-state index in [1.54, 1.807) is 0 Å². The van der Waals surface area contributed by atoms with Gasteiger partial charge in [-0.3, -0.25) is 0 Å². The van der Waals surface area contributed by atoms with Crippen molar-refractivity contribution in [2.75, 3.05) is 0 Å². The first-order valence-electron chi connectivity index (χ1n) is 4.69. The molecule has 1 saturated carbocycles. The van der Waals surface area contributed by atoms with Gasteiger partial charge in [0.1, 0.15) is 0 Å². The molecule has 0 spiro atoms. The average Bonchev–Trinajstić information content (AvgIpc) is 2.38. The molecule has 2 unspecified atom stereocenters. The maximum absolute atomic E-state index is 6.06. The fraction of sp³-hybridized carbons (Fsp3) is 1.00. The highest BCUT2D eigenvalue weighted by Crippen LogP contribution is 2.53. The zero-order valence-corrected chi connectivity index (χ0v) is 8.22. The van der Waals surface area contributed by atoms with Crippen molar-refractivity contribution in [2.45, 2.75) is 46.6 Å². The topological polar surface area (TPSA) is 26.0 Å². The van der Waals surface area contributed by atoms with Gasteiger partial charge in [-0.25, -0.2) is 0 Å². The molecule has 1 heteroatoms. The fourth-order valence-corrected chi connectivity index (χ4v) is 1.95. The summed E-state index contributed by atoms with van der Waals surface area (Å²) in [6.45, 7) is 9.13. The van der Waals surface area contributed by atoms with E-state index in [0.717, 1.165) is 11.8 Å². The first-order valence-corrected chi connectivity index (χ1v) is 4.69. The first-order chi connectivity index (χ1) is 4.93. The van der Waals surface area contributed by atoms with Crippen molar-refractivity contribution < 1.29 is 0 Å². The van der Waals surface area contributed by atoms with Gasteiger partial charge in [-0.2, -0.15) is 0 Å². The summed E-state index contributed by atoms with van der Waals surface area (Å²) in [7, 11) is 0. The molecule has 0 aromatic rings. The Labute approximate surface area is 70.4 Å². The molecule has 0 heterocycles. The quantitative estimate of drug-likeness (QED) is 0.665. The Kier molecular flexibility index (Phi) is 2.29. The van der Waals surface area contributed by atoms with Crippen LogP contribution in [0.5, 0.6) is 0 Å². The van der Waals surface area contributed by atoms with E-state index >= 15 is 0 Å². The Morgan fingerprint density at radius 3 is 2.18 bits per heavy atom. The van der Waals surface area contributed by atoms with E-state index in [0.29, 0.717) is 11.5 Å². The predicted octanol–water partition coefficient (Wildman–Crippen LogP) is 2.41. The minimum Gasteiger partial charge on any atom is -0.327 e. The Morgan fingerprint density at radius 1 is 1.45 bits per heavy atom. The van der Waals surface area contributed by atoms with Crippen LogP contribution in [0, 0.1) is 17.3 Å². The van der Waals surface area contributed by atoms with Crippen LogP contribution >= 0.6 is 0 Å². The summed E-state index contributed by atoms with van der Waals surface area (Å²) in [5.74, 6) is 1.55. The zero-order valence-electron chi connectivity index (χ0n) is 8.22. The summed E-state index contributed by atoms with van der Waals surface area (Å²) in [5, 5.41) is 0. The van der Waals surface area contributed by atoms with Crippen LogP contribution in [0.1, 0.15) is 40.5 Å². The van der Waals surface area contributed by atoms with Gasteiger partial charge in [0.15, 0.2) is 0 Å². The smallest absolute Gasteiger partial charge is 0.00748 e. The summed E-state index contributed by atoms with van der Waals surface area (Å²) in [6.07, 6.45) is 2.52. The third-order valence-electron chi connectivity index (χ3n) is 2.85. The van der Waals surface area contributed by atoms with E-state index < -0.39 is 0 Å². The Balaban J connectivity index is 2.28. The van der Waals surface area contributed by atoms with Crippen LogP contribution in [0.2, 0.25) is 0 Å². The highest BCUT2D eigenvalue weighted by atomic mass is 14.7. The van der Waals surface area contributed by atoms with Crippen molar-refractivity contribution >= 4 is 0 Å². The third-order valence-corrected chi connectivity index (χ3v) is 2.85. The SMILES string of the molecule is CC(C)CC(N)C1CC1(C)C. The van der Waals surface area contributed by atoms with Crippen molar-refractivity contribution in [3.63, 3.8) is 0 Å². The Hall–Kier alpha value is -0.0400. The lowest BCUT2D eigenvalue weighted by molar-refractivity contribution is 0.410. The lowest BCUT2D eigenvalue weighted by atomic mass is 9.96. The van der Waals surface area contributed by atoms with Gasteiger partial charge in [0.25, 0.3) is 0 Å². The minimum atomic E-state index is 0.449. The van der Waals surface area contributed by atoms with Crippen LogP contribution in [-0.4, -0.2) is 6.04 Å². The molecule has 11 heavy (non-hydrogen) atoms. The van der Waals surface area contributed by atoms with Crippen LogP contribution < -0.4 is 5.73 Å². The van der Waals surface area contributed by atoms with Crippen molar-refractivity contribution in [3.8, 4) is 0 Å². The van der Waals surface area contributed by atoms with Gasteiger partial charge in [-0.15, -0.1) is 0 Å². The normalized spacial score (nSPS) is 30.5. The molecule has 1 aliphatic carbocycles. The summed E-state index contributed by atoms with van der Waals surface area (Å²) in [4.78, 5) is 0. The van der Waals surface area contributed by atoms with Gasteiger partial charge in [0.05, 0.1) is 0 Å². The molecule has 0 aromatic carbocycles. The zero-order chi connectivity index (χ0) is 8.65. The molecule has 0 saturated heterocycles. The molecule has 0 aliphatic heterocycles. The largest absolute Gasteiger partial charge is 0.327 e. The molecular weight excluding hydrogens is 134 g/mol. The van der Waals surface area contributed by atoms with Gasteiger partial charge in [-0.05, 0) is 30.1 Å². The lowest BCUT2D eigenvalue weighted by Gasteiger charge is -2.15. The predicted molar refractivity (Wildman–Crippen MR) is 49.3 cm³/mol. The van der Waals surface area contributed by atoms with Crippen molar-refractivity contribution in [1.29, 1.82) is 0 Å². The second-order valence-electron chi connectivity index (χ2n) is 5.09. The van der Waals surface area contributed by atoms with Gasteiger partial charge in [0.2, 0.25) is 0 Å².